The summed E-state index contributed by atoms with van der Waals surface area (Å²) >= 11 is 0.522. The fraction of sp³-hybridized carbons (Fsp3) is 0.250. The zero-order valence-electron chi connectivity index (χ0n) is 7.12. The van der Waals surface area contributed by atoms with Crippen molar-refractivity contribution in [2.24, 2.45) is 0 Å². The standard InChI is InChI=1S/C8H5F3O3S/c9-5(7(14)8(10)11)6(13)3-1-2-4(12)15-3/h1-2,5,8,12H. The molecule has 0 fully saturated rings. The molecule has 7 heteroatoms. The topological polar surface area (TPSA) is 54.4 Å². The summed E-state index contributed by atoms with van der Waals surface area (Å²) in [5.41, 5.74) is 0. The minimum Gasteiger partial charge on any atom is -0.499 e. The zero-order valence-corrected chi connectivity index (χ0v) is 7.93. The molecule has 3 nitrogen and oxygen atoms in total. The highest BCUT2D eigenvalue weighted by atomic mass is 32.1. The van der Waals surface area contributed by atoms with E-state index in [1.54, 1.807) is 0 Å². The Bertz CT molecular complexity index is 388. The highest BCUT2D eigenvalue weighted by Gasteiger charge is 2.33. The smallest absolute Gasteiger partial charge is 0.299 e. The van der Waals surface area contributed by atoms with Gasteiger partial charge in [-0.2, -0.15) is 0 Å². The van der Waals surface area contributed by atoms with Gasteiger partial charge in [-0.05, 0) is 12.1 Å². The number of aromatic hydroxyl groups is 1. The van der Waals surface area contributed by atoms with Gasteiger partial charge in [-0.3, -0.25) is 9.59 Å². The maximum atomic E-state index is 12.9. The lowest BCUT2D eigenvalue weighted by Crippen LogP contribution is -2.30. The van der Waals surface area contributed by atoms with Gasteiger partial charge in [-0.15, -0.1) is 0 Å². The van der Waals surface area contributed by atoms with Crippen LogP contribution >= 0.6 is 11.3 Å². The molecular formula is C8H5F3O3S. The van der Waals surface area contributed by atoms with Crippen molar-refractivity contribution in [1.29, 1.82) is 0 Å². The quantitative estimate of drug-likeness (QED) is 0.642. The lowest BCUT2D eigenvalue weighted by atomic mass is 10.1. The lowest BCUT2D eigenvalue weighted by Gasteiger charge is -2.02. The van der Waals surface area contributed by atoms with Crippen molar-refractivity contribution >= 4 is 22.9 Å². The summed E-state index contributed by atoms with van der Waals surface area (Å²) in [6, 6.07) is 2.17. The summed E-state index contributed by atoms with van der Waals surface area (Å²) in [6.07, 6.45) is -6.39. The van der Waals surface area contributed by atoms with E-state index in [-0.39, 0.29) is 9.94 Å². The van der Waals surface area contributed by atoms with E-state index >= 15 is 0 Å². The molecule has 0 amide bonds. The summed E-state index contributed by atoms with van der Waals surface area (Å²) in [6.45, 7) is 0. The fourth-order valence-electron chi connectivity index (χ4n) is 0.825. The number of halogens is 3. The van der Waals surface area contributed by atoms with Gasteiger partial charge in [0.15, 0.2) is 5.06 Å². The number of alkyl halides is 3. The van der Waals surface area contributed by atoms with Gasteiger partial charge in [0.25, 0.3) is 6.43 Å². The maximum absolute atomic E-state index is 12.9. The summed E-state index contributed by atoms with van der Waals surface area (Å²) in [5.74, 6) is -3.42. The third kappa shape index (κ3) is 2.56. The van der Waals surface area contributed by atoms with E-state index in [1.807, 2.05) is 0 Å². The summed E-state index contributed by atoms with van der Waals surface area (Å²) in [5, 5.41) is 8.59. The molecule has 1 atom stereocenters. The van der Waals surface area contributed by atoms with Crippen molar-refractivity contribution in [2.45, 2.75) is 12.6 Å². The van der Waals surface area contributed by atoms with Crippen LogP contribution in [0.4, 0.5) is 13.2 Å². The van der Waals surface area contributed by atoms with E-state index in [9.17, 15) is 22.8 Å². The molecule has 1 unspecified atom stereocenters. The predicted octanol–water partition coefficient (Wildman–Crippen LogP) is 1.81. The number of hydrogen-bond acceptors (Lipinski definition) is 4. The van der Waals surface area contributed by atoms with Crippen LogP contribution in [-0.4, -0.2) is 29.3 Å². The van der Waals surface area contributed by atoms with Crippen LogP contribution in [0, 0.1) is 0 Å². The molecule has 0 spiro atoms. The fourth-order valence-corrected chi connectivity index (χ4v) is 1.53. The molecule has 0 aliphatic rings. The number of Topliss-reactive ketones (excluding diaryl/α,β-unsaturated/α-hetero) is 2. The Morgan fingerprint density at radius 2 is 1.87 bits per heavy atom. The monoisotopic (exact) mass is 238 g/mol. The van der Waals surface area contributed by atoms with E-state index in [2.05, 4.69) is 0 Å². The molecule has 1 heterocycles. The second-order valence-corrected chi connectivity index (χ2v) is 3.63. The molecule has 1 aromatic rings. The van der Waals surface area contributed by atoms with Gasteiger partial charge in [-0.25, -0.2) is 13.2 Å². The van der Waals surface area contributed by atoms with Gasteiger partial charge < -0.3 is 5.11 Å². The van der Waals surface area contributed by atoms with Crippen molar-refractivity contribution in [3.63, 3.8) is 0 Å². The van der Waals surface area contributed by atoms with Crippen LogP contribution in [0.15, 0.2) is 12.1 Å². The van der Waals surface area contributed by atoms with Crippen molar-refractivity contribution in [3.05, 3.63) is 17.0 Å². The molecule has 0 radical (unpaired) electrons. The molecule has 0 saturated heterocycles. The number of hydrogen-bond donors (Lipinski definition) is 1. The lowest BCUT2D eigenvalue weighted by molar-refractivity contribution is -0.132. The largest absolute Gasteiger partial charge is 0.499 e. The minimum absolute atomic E-state index is 0.255. The van der Waals surface area contributed by atoms with Crippen molar-refractivity contribution in [3.8, 4) is 5.06 Å². The molecule has 15 heavy (non-hydrogen) atoms. The van der Waals surface area contributed by atoms with Gasteiger partial charge >= 0.3 is 0 Å². The normalized spacial score (nSPS) is 12.8. The molecule has 1 aromatic heterocycles. The first-order valence-electron chi connectivity index (χ1n) is 3.72. The Kier molecular flexibility index (Phi) is 3.46. The Morgan fingerprint density at radius 1 is 1.27 bits per heavy atom. The molecule has 0 aliphatic heterocycles. The maximum Gasteiger partial charge on any atom is 0.299 e. The summed E-state index contributed by atoms with van der Waals surface area (Å²) < 4.78 is 36.4. The molecule has 0 aliphatic carbocycles. The third-order valence-electron chi connectivity index (χ3n) is 1.53. The Morgan fingerprint density at radius 3 is 2.27 bits per heavy atom. The van der Waals surface area contributed by atoms with Gasteiger partial charge in [0.1, 0.15) is 0 Å². The first-order chi connectivity index (χ1) is 6.93. The second-order valence-electron chi connectivity index (χ2n) is 2.57. The van der Waals surface area contributed by atoms with Gasteiger partial charge in [0.05, 0.1) is 4.88 Å². The molecule has 0 aromatic carbocycles. The van der Waals surface area contributed by atoms with Crippen LogP contribution < -0.4 is 0 Å². The number of thiophene rings is 1. The van der Waals surface area contributed by atoms with Crippen LogP contribution in [0.2, 0.25) is 0 Å². The van der Waals surface area contributed by atoms with E-state index < -0.39 is 24.2 Å². The molecule has 0 bridgehead atoms. The summed E-state index contributed by atoms with van der Waals surface area (Å²) in [7, 11) is 0. The van der Waals surface area contributed by atoms with E-state index in [4.69, 9.17) is 5.11 Å². The first-order valence-corrected chi connectivity index (χ1v) is 4.54. The third-order valence-corrected chi connectivity index (χ3v) is 2.43. The number of ketones is 2. The van der Waals surface area contributed by atoms with Crippen LogP contribution in [0.1, 0.15) is 9.67 Å². The van der Waals surface area contributed by atoms with Crippen LogP contribution in [-0.2, 0) is 4.79 Å². The average molecular weight is 238 g/mol. The second kappa shape index (κ2) is 4.43. The molecule has 1 N–H and O–H groups in total. The highest BCUT2D eigenvalue weighted by Crippen LogP contribution is 2.24. The molecule has 0 saturated carbocycles. The first kappa shape index (κ1) is 11.7. The molecular weight excluding hydrogens is 233 g/mol. The molecule has 1 rings (SSSR count). The average Bonchev–Trinajstić information content (AvgIpc) is 2.61. The van der Waals surface area contributed by atoms with Crippen LogP contribution in [0.3, 0.4) is 0 Å². The SMILES string of the molecule is O=C(c1ccc(O)s1)C(F)C(=O)C(F)F. The Hall–Kier alpha value is -1.37. The van der Waals surface area contributed by atoms with Crippen molar-refractivity contribution < 1.29 is 27.9 Å². The number of carbonyl (C=O) groups excluding carboxylic acids is 2. The highest BCUT2D eigenvalue weighted by molar-refractivity contribution is 7.15. The van der Waals surface area contributed by atoms with Crippen LogP contribution in [0.5, 0.6) is 5.06 Å². The van der Waals surface area contributed by atoms with E-state index in [1.165, 1.54) is 0 Å². The van der Waals surface area contributed by atoms with Crippen LogP contribution in [0.25, 0.3) is 0 Å². The minimum atomic E-state index is -3.52. The van der Waals surface area contributed by atoms with Gasteiger partial charge in [0, 0.05) is 0 Å². The number of rotatable bonds is 4. The predicted molar refractivity (Wildman–Crippen MR) is 46.2 cm³/mol. The Labute approximate surface area is 86.1 Å². The molecule has 82 valence electrons. The van der Waals surface area contributed by atoms with Crippen molar-refractivity contribution in [2.75, 3.05) is 0 Å². The Balaban J connectivity index is 2.82. The summed E-state index contributed by atoms with van der Waals surface area (Å²) in [4.78, 5) is 21.3. The number of carbonyl (C=O) groups is 2. The zero-order chi connectivity index (χ0) is 11.6. The van der Waals surface area contributed by atoms with Gasteiger partial charge in [-0.1, -0.05) is 11.3 Å². The van der Waals surface area contributed by atoms with Gasteiger partial charge in [0.2, 0.25) is 17.7 Å². The van der Waals surface area contributed by atoms with Crippen molar-refractivity contribution in [1.82, 2.24) is 0 Å². The van der Waals surface area contributed by atoms with E-state index in [0.717, 1.165) is 12.1 Å². The van der Waals surface area contributed by atoms with E-state index in [0.29, 0.717) is 11.3 Å².